The summed E-state index contributed by atoms with van der Waals surface area (Å²) in [7, 11) is -3.60. The molecule has 0 unspecified atom stereocenters. The van der Waals surface area contributed by atoms with Crippen LogP contribution in [0.2, 0.25) is 0 Å². The van der Waals surface area contributed by atoms with E-state index in [9.17, 15) is 18.0 Å². The molecule has 0 aromatic carbocycles. The molecule has 1 aliphatic heterocycles. The number of hydrogen-bond acceptors (Lipinski definition) is 6. The topological polar surface area (TPSA) is 105 Å². The van der Waals surface area contributed by atoms with Crippen molar-refractivity contribution in [3.8, 4) is 0 Å². The van der Waals surface area contributed by atoms with Crippen molar-refractivity contribution in [2.24, 2.45) is 0 Å². The van der Waals surface area contributed by atoms with E-state index in [0.717, 1.165) is 16.2 Å². The zero-order chi connectivity index (χ0) is 18.4. The van der Waals surface area contributed by atoms with E-state index < -0.39 is 10.0 Å². The molecule has 1 saturated heterocycles. The Hall–Kier alpha value is -1.65. The van der Waals surface area contributed by atoms with Gasteiger partial charge in [0.2, 0.25) is 15.9 Å². The average molecular weight is 389 g/mol. The molecule has 140 valence electrons. The monoisotopic (exact) mass is 389 g/mol. The summed E-state index contributed by atoms with van der Waals surface area (Å²) in [6, 6.07) is 3.02. The Morgan fingerprint density at radius 2 is 2.00 bits per heavy atom. The summed E-state index contributed by atoms with van der Waals surface area (Å²) in [6.45, 7) is 4.72. The van der Waals surface area contributed by atoms with Gasteiger partial charge in [0.15, 0.2) is 0 Å². The highest BCUT2D eigenvalue weighted by molar-refractivity contribution is 7.91. The van der Waals surface area contributed by atoms with Crippen molar-refractivity contribution in [3.05, 3.63) is 17.0 Å². The minimum absolute atomic E-state index is 0.163. The Morgan fingerprint density at radius 3 is 2.60 bits per heavy atom. The third kappa shape index (κ3) is 5.68. The van der Waals surface area contributed by atoms with Crippen LogP contribution < -0.4 is 10.0 Å². The molecule has 1 fully saturated rings. The Kier molecular flexibility index (Phi) is 6.79. The van der Waals surface area contributed by atoms with Crippen LogP contribution in [0.25, 0.3) is 0 Å². The fraction of sp³-hybridized carbons (Fsp3) is 0.600. The van der Waals surface area contributed by atoms with Gasteiger partial charge in [-0.2, -0.15) is 0 Å². The summed E-state index contributed by atoms with van der Waals surface area (Å²) in [4.78, 5) is 24.9. The lowest BCUT2D eigenvalue weighted by molar-refractivity contribution is -0.119. The lowest BCUT2D eigenvalue weighted by atomic mass is 10.1. The van der Waals surface area contributed by atoms with Crippen molar-refractivity contribution in [2.45, 2.75) is 43.5 Å². The number of piperidine rings is 1. The number of sulfonamides is 1. The fourth-order valence-corrected chi connectivity index (χ4v) is 5.10. The molecule has 0 saturated carbocycles. The van der Waals surface area contributed by atoms with E-state index >= 15 is 0 Å². The first-order chi connectivity index (χ1) is 11.8. The van der Waals surface area contributed by atoms with E-state index in [1.54, 1.807) is 17.9 Å². The van der Waals surface area contributed by atoms with Gasteiger partial charge in [-0.05, 0) is 31.9 Å². The number of carbonyl (C=O) groups is 2. The second-order valence-electron chi connectivity index (χ2n) is 5.71. The second kappa shape index (κ2) is 8.63. The summed E-state index contributed by atoms with van der Waals surface area (Å²) in [5.41, 5.74) is 0. The first-order valence-corrected chi connectivity index (χ1v) is 10.4. The molecule has 2 N–H and O–H groups in total. The molecule has 25 heavy (non-hydrogen) atoms. The molecule has 2 heterocycles. The van der Waals surface area contributed by atoms with Crippen LogP contribution in [0.4, 0.5) is 4.79 Å². The molecule has 0 spiro atoms. The molecule has 1 aromatic rings. The standard InChI is InChI=1S/C15H23N3O5S2/c1-3-23-15(20)18-8-6-12(7-9-18)17-25(21,22)14-5-4-13(24-14)10-16-11(2)19/h4-5,12,17H,3,6-10H2,1-2H3,(H,16,19). The van der Waals surface area contributed by atoms with Gasteiger partial charge in [0.1, 0.15) is 4.21 Å². The van der Waals surface area contributed by atoms with E-state index in [2.05, 4.69) is 10.0 Å². The molecular weight excluding hydrogens is 366 g/mol. The van der Waals surface area contributed by atoms with Gasteiger partial charge in [0.25, 0.3) is 0 Å². The second-order valence-corrected chi connectivity index (χ2v) is 8.82. The molecule has 0 aliphatic carbocycles. The number of nitrogens with one attached hydrogen (secondary N) is 2. The molecule has 2 rings (SSSR count). The lowest BCUT2D eigenvalue weighted by Crippen LogP contribution is -2.46. The quantitative estimate of drug-likeness (QED) is 0.763. The zero-order valence-electron chi connectivity index (χ0n) is 14.3. The molecule has 1 aromatic heterocycles. The van der Waals surface area contributed by atoms with Gasteiger partial charge in [0.05, 0.1) is 13.2 Å². The van der Waals surface area contributed by atoms with Crippen molar-refractivity contribution in [2.75, 3.05) is 19.7 Å². The summed E-state index contributed by atoms with van der Waals surface area (Å²) in [6.07, 6.45) is 0.731. The van der Waals surface area contributed by atoms with Crippen LogP contribution in [0.3, 0.4) is 0 Å². The van der Waals surface area contributed by atoms with Crippen LogP contribution >= 0.6 is 11.3 Å². The van der Waals surface area contributed by atoms with Crippen molar-refractivity contribution in [3.63, 3.8) is 0 Å². The molecule has 0 radical (unpaired) electrons. The van der Waals surface area contributed by atoms with E-state index in [-0.39, 0.29) is 22.3 Å². The summed E-state index contributed by atoms with van der Waals surface area (Å²) in [5, 5.41) is 2.64. The molecule has 8 nitrogen and oxygen atoms in total. The molecule has 2 amide bonds. The van der Waals surface area contributed by atoms with E-state index in [4.69, 9.17) is 4.74 Å². The maximum Gasteiger partial charge on any atom is 0.409 e. The van der Waals surface area contributed by atoms with Crippen LogP contribution in [0.15, 0.2) is 16.3 Å². The van der Waals surface area contributed by atoms with E-state index in [1.807, 2.05) is 0 Å². The van der Waals surface area contributed by atoms with Gasteiger partial charge < -0.3 is 15.0 Å². The number of nitrogens with zero attached hydrogens (tertiary/aromatic N) is 1. The van der Waals surface area contributed by atoms with Gasteiger partial charge in [0, 0.05) is 30.9 Å². The predicted molar refractivity (Wildman–Crippen MR) is 93.8 cm³/mol. The Bertz CT molecular complexity index is 709. The highest BCUT2D eigenvalue weighted by Gasteiger charge is 2.27. The van der Waals surface area contributed by atoms with E-state index in [1.165, 1.54) is 13.0 Å². The van der Waals surface area contributed by atoms with Crippen molar-refractivity contribution >= 4 is 33.4 Å². The molecule has 10 heteroatoms. The number of hydrogen-bond donors (Lipinski definition) is 2. The minimum atomic E-state index is -3.60. The third-order valence-electron chi connectivity index (χ3n) is 3.76. The van der Waals surface area contributed by atoms with Gasteiger partial charge in [-0.15, -0.1) is 11.3 Å². The van der Waals surface area contributed by atoms with Crippen molar-refractivity contribution in [1.29, 1.82) is 0 Å². The number of thiophene rings is 1. The first kappa shape index (κ1) is 19.7. The van der Waals surface area contributed by atoms with Crippen molar-refractivity contribution < 1.29 is 22.7 Å². The number of carbonyl (C=O) groups excluding carboxylic acids is 2. The highest BCUT2D eigenvalue weighted by Crippen LogP contribution is 2.23. The SMILES string of the molecule is CCOC(=O)N1CCC(NS(=O)(=O)c2ccc(CNC(C)=O)s2)CC1. The van der Waals surface area contributed by atoms with E-state index in [0.29, 0.717) is 39.1 Å². The van der Waals surface area contributed by atoms with Crippen LogP contribution in [0.1, 0.15) is 31.6 Å². The maximum atomic E-state index is 12.5. The van der Waals surface area contributed by atoms with Gasteiger partial charge in [-0.25, -0.2) is 17.9 Å². The van der Waals surface area contributed by atoms with Crippen LogP contribution in [0, 0.1) is 0 Å². The molecule has 1 aliphatic rings. The van der Waals surface area contributed by atoms with Crippen molar-refractivity contribution in [1.82, 2.24) is 14.9 Å². The van der Waals surface area contributed by atoms with Crippen LogP contribution in [-0.2, 0) is 26.1 Å². The molecule has 0 bridgehead atoms. The first-order valence-electron chi connectivity index (χ1n) is 8.09. The number of ether oxygens (including phenoxy) is 1. The van der Waals surface area contributed by atoms with Crippen LogP contribution in [0.5, 0.6) is 0 Å². The van der Waals surface area contributed by atoms with Gasteiger partial charge >= 0.3 is 6.09 Å². The third-order valence-corrected chi connectivity index (χ3v) is 6.85. The highest BCUT2D eigenvalue weighted by atomic mass is 32.2. The largest absolute Gasteiger partial charge is 0.450 e. The summed E-state index contributed by atoms with van der Waals surface area (Å²) in [5.74, 6) is -0.163. The summed E-state index contributed by atoms with van der Waals surface area (Å²) >= 11 is 1.13. The molecular formula is C15H23N3O5S2. The number of amides is 2. The Labute approximate surface area is 151 Å². The normalized spacial score (nSPS) is 15.8. The Balaban J connectivity index is 1.89. The predicted octanol–water partition coefficient (Wildman–Crippen LogP) is 1.28. The van der Waals surface area contributed by atoms with Crippen LogP contribution in [-0.4, -0.2) is 51.1 Å². The fourth-order valence-electron chi connectivity index (χ4n) is 2.48. The zero-order valence-corrected chi connectivity index (χ0v) is 15.9. The maximum absolute atomic E-state index is 12.5. The smallest absolute Gasteiger partial charge is 0.409 e. The van der Waals surface area contributed by atoms with Gasteiger partial charge in [-0.3, -0.25) is 4.79 Å². The Morgan fingerprint density at radius 1 is 1.32 bits per heavy atom. The lowest BCUT2D eigenvalue weighted by Gasteiger charge is -2.31. The number of likely N-dealkylation sites (tertiary alicyclic amines) is 1. The average Bonchev–Trinajstić information content (AvgIpc) is 3.03. The number of rotatable bonds is 6. The summed E-state index contributed by atoms with van der Waals surface area (Å²) < 4.78 is 32.8. The molecule has 0 atom stereocenters. The minimum Gasteiger partial charge on any atom is -0.450 e. The van der Waals surface area contributed by atoms with Gasteiger partial charge in [-0.1, -0.05) is 0 Å².